The standard InChI is InChI=1S/C46H26BNO2/c1-5-19-38-32(13-1)34-23-28(24-35-33-14-2-6-20-39(33)48(38)46(34)35)30-15-9-11-27-12-10-16-31(44(27)30)29-25-42-45-43(26-29)50-41-22-8-4-18-37(41)47(45)36-17-3-7-21-40(36)49-42/h1-26H. The van der Waals surface area contributed by atoms with Crippen LogP contribution in [-0.4, -0.2) is 11.1 Å². The van der Waals surface area contributed by atoms with E-state index < -0.39 is 0 Å². The Morgan fingerprint density at radius 3 is 1.50 bits per heavy atom. The first-order chi connectivity index (χ1) is 24.8. The Kier molecular flexibility index (Phi) is 5.05. The summed E-state index contributed by atoms with van der Waals surface area (Å²) in [5.41, 5.74) is 11.8. The fourth-order valence-corrected chi connectivity index (χ4v) is 8.98. The lowest BCUT2D eigenvalue weighted by Crippen LogP contribution is -2.57. The Balaban J connectivity index is 1.13. The molecule has 0 aliphatic carbocycles. The van der Waals surface area contributed by atoms with Crippen LogP contribution in [0, 0.1) is 0 Å². The van der Waals surface area contributed by atoms with Gasteiger partial charge in [-0.3, -0.25) is 0 Å². The number of benzene rings is 8. The number of ether oxygens (including phenoxy) is 2. The molecule has 3 nitrogen and oxygen atoms in total. The van der Waals surface area contributed by atoms with Crippen molar-refractivity contribution in [1.82, 2.24) is 4.40 Å². The maximum Gasteiger partial charge on any atom is 0.260 e. The molecule has 0 unspecified atom stereocenters. The fraction of sp³-hybridized carbons (Fsp3) is 0. The number of fused-ring (bicyclic) bond motifs is 11. The average molecular weight is 636 g/mol. The van der Waals surface area contributed by atoms with Crippen LogP contribution in [0.4, 0.5) is 0 Å². The topological polar surface area (TPSA) is 22.9 Å². The van der Waals surface area contributed by atoms with E-state index in [2.05, 4.69) is 162 Å². The summed E-state index contributed by atoms with van der Waals surface area (Å²) in [5.74, 6) is 3.50. The van der Waals surface area contributed by atoms with Crippen molar-refractivity contribution in [3.05, 3.63) is 158 Å². The highest BCUT2D eigenvalue weighted by atomic mass is 16.5. The molecule has 2 aliphatic heterocycles. The molecule has 0 atom stereocenters. The van der Waals surface area contributed by atoms with E-state index in [-0.39, 0.29) is 6.71 Å². The van der Waals surface area contributed by atoms with Crippen molar-refractivity contribution in [3.63, 3.8) is 0 Å². The zero-order valence-corrected chi connectivity index (χ0v) is 26.9. The van der Waals surface area contributed by atoms with E-state index in [1.165, 1.54) is 70.9 Å². The van der Waals surface area contributed by atoms with Crippen LogP contribution in [0.2, 0.25) is 0 Å². The van der Waals surface area contributed by atoms with Crippen LogP contribution in [0.25, 0.3) is 71.1 Å². The Morgan fingerprint density at radius 2 is 0.920 bits per heavy atom. The molecule has 2 aliphatic rings. The molecule has 4 heteroatoms. The maximum atomic E-state index is 6.70. The first kappa shape index (κ1) is 26.4. The lowest BCUT2D eigenvalue weighted by atomic mass is 9.35. The van der Waals surface area contributed by atoms with Crippen molar-refractivity contribution in [2.45, 2.75) is 0 Å². The van der Waals surface area contributed by atoms with Crippen LogP contribution in [0.15, 0.2) is 158 Å². The van der Waals surface area contributed by atoms with Crippen molar-refractivity contribution in [2.24, 2.45) is 0 Å². The Bertz CT molecular complexity index is 2910. The average Bonchev–Trinajstić information content (AvgIpc) is 3.69. The third-order valence-corrected chi connectivity index (χ3v) is 11.0. The molecule has 0 amide bonds. The summed E-state index contributed by atoms with van der Waals surface area (Å²) in [5, 5.41) is 7.52. The second-order valence-electron chi connectivity index (χ2n) is 13.6. The van der Waals surface area contributed by atoms with Crippen LogP contribution >= 0.6 is 0 Å². The van der Waals surface area contributed by atoms with Gasteiger partial charge in [-0.05, 0) is 92.5 Å². The molecule has 10 aromatic rings. The second kappa shape index (κ2) is 9.55. The Morgan fingerprint density at radius 1 is 0.420 bits per heavy atom. The first-order valence-corrected chi connectivity index (χ1v) is 17.2. The van der Waals surface area contributed by atoms with Crippen LogP contribution in [0.3, 0.4) is 0 Å². The smallest absolute Gasteiger partial charge is 0.260 e. The minimum absolute atomic E-state index is 0.0525. The van der Waals surface area contributed by atoms with Gasteiger partial charge in [-0.25, -0.2) is 0 Å². The molecule has 12 rings (SSSR count). The van der Waals surface area contributed by atoms with Crippen LogP contribution in [0.5, 0.6) is 23.0 Å². The summed E-state index contributed by atoms with van der Waals surface area (Å²) < 4.78 is 15.8. The monoisotopic (exact) mass is 635 g/mol. The molecule has 0 N–H and O–H groups in total. The number of hydrogen-bond donors (Lipinski definition) is 0. The van der Waals surface area contributed by atoms with E-state index in [1.807, 2.05) is 0 Å². The molecule has 0 bridgehead atoms. The molecule has 8 aromatic carbocycles. The molecule has 0 fully saturated rings. The number of rotatable bonds is 2. The predicted molar refractivity (Wildman–Crippen MR) is 207 cm³/mol. The summed E-state index contributed by atoms with van der Waals surface area (Å²) in [6, 6.07) is 56.9. The SMILES string of the molecule is c1ccc2c(c1)Oc1cc(-c3cccc4cccc(-c5cc6c7ccccc7n7c8ccccc8c(c5)c67)c34)cc3c1B2c1ccccc1O3. The molecule has 230 valence electrons. The normalized spacial score (nSPS) is 13.1. The van der Waals surface area contributed by atoms with Crippen LogP contribution in [0.1, 0.15) is 0 Å². The van der Waals surface area contributed by atoms with E-state index in [9.17, 15) is 0 Å². The fourth-order valence-electron chi connectivity index (χ4n) is 8.98. The van der Waals surface area contributed by atoms with Gasteiger partial charge in [0.05, 0.1) is 16.6 Å². The minimum atomic E-state index is 0.0525. The summed E-state index contributed by atoms with van der Waals surface area (Å²) in [7, 11) is 0. The molecule has 50 heavy (non-hydrogen) atoms. The predicted octanol–water partition coefficient (Wildman–Crippen LogP) is 10.1. The van der Waals surface area contributed by atoms with Gasteiger partial charge in [-0.2, -0.15) is 0 Å². The van der Waals surface area contributed by atoms with Gasteiger partial charge in [-0.1, -0.05) is 109 Å². The maximum absolute atomic E-state index is 6.70. The molecule has 0 radical (unpaired) electrons. The lowest BCUT2D eigenvalue weighted by molar-refractivity contribution is 0.465. The number of para-hydroxylation sites is 4. The van der Waals surface area contributed by atoms with Gasteiger partial charge in [-0.15, -0.1) is 0 Å². The van der Waals surface area contributed by atoms with E-state index in [0.29, 0.717) is 0 Å². The second-order valence-corrected chi connectivity index (χ2v) is 13.6. The first-order valence-electron chi connectivity index (χ1n) is 17.2. The van der Waals surface area contributed by atoms with Crippen molar-refractivity contribution in [1.29, 1.82) is 0 Å². The van der Waals surface area contributed by atoms with Gasteiger partial charge < -0.3 is 13.9 Å². The van der Waals surface area contributed by atoms with Crippen molar-refractivity contribution >= 4 is 72.0 Å². The molecular formula is C46H26BNO2. The number of nitrogens with zero attached hydrogens (tertiary/aromatic N) is 1. The summed E-state index contributed by atoms with van der Waals surface area (Å²) in [6.07, 6.45) is 0. The van der Waals surface area contributed by atoms with Gasteiger partial charge in [0.2, 0.25) is 0 Å². The van der Waals surface area contributed by atoms with Crippen LogP contribution in [-0.2, 0) is 0 Å². The Hall–Kier alpha value is -6.52. The number of aromatic nitrogens is 1. The van der Waals surface area contributed by atoms with Gasteiger partial charge in [0.25, 0.3) is 6.71 Å². The quantitative estimate of drug-likeness (QED) is 0.177. The minimum Gasteiger partial charge on any atom is -0.458 e. The highest BCUT2D eigenvalue weighted by Crippen LogP contribution is 2.45. The number of hydrogen-bond acceptors (Lipinski definition) is 2. The Labute approximate surface area is 288 Å². The van der Waals surface area contributed by atoms with E-state index in [4.69, 9.17) is 9.47 Å². The summed E-state index contributed by atoms with van der Waals surface area (Å²) in [6.45, 7) is 0.0525. The summed E-state index contributed by atoms with van der Waals surface area (Å²) >= 11 is 0. The van der Waals surface area contributed by atoms with Crippen molar-refractivity contribution in [2.75, 3.05) is 0 Å². The zero-order valence-electron chi connectivity index (χ0n) is 26.9. The lowest BCUT2D eigenvalue weighted by Gasteiger charge is -2.33. The van der Waals surface area contributed by atoms with Gasteiger partial charge >= 0.3 is 0 Å². The zero-order chi connectivity index (χ0) is 32.5. The molecule has 0 saturated carbocycles. The van der Waals surface area contributed by atoms with E-state index in [0.717, 1.165) is 39.6 Å². The van der Waals surface area contributed by atoms with Gasteiger partial charge in [0, 0.05) is 27.0 Å². The van der Waals surface area contributed by atoms with E-state index in [1.54, 1.807) is 0 Å². The van der Waals surface area contributed by atoms with Gasteiger partial charge in [0.15, 0.2) is 0 Å². The van der Waals surface area contributed by atoms with Crippen molar-refractivity contribution < 1.29 is 9.47 Å². The molecule has 0 spiro atoms. The molecular weight excluding hydrogens is 609 g/mol. The van der Waals surface area contributed by atoms with E-state index >= 15 is 0 Å². The molecule has 0 saturated heterocycles. The highest BCUT2D eigenvalue weighted by Gasteiger charge is 2.40. The van der Waals surface area contributed by atoms with Crippen LogP contribution < -0.4 is 25.9 Å². The highest BCUT2D eigenvalue weighted by molar-refractivity contribution is 6.98. The van der Waals surface area contributed by atoms with Gasteiger partial charge in [0.1, 0.15) is 23.0 Å². The third-order valence-electron chi connectivity index (χ3n) is 11.0. The third kappa shape index (κ3) is 3.40. The van der Waals surface area contributed by atoms with Crippen molar-refractivity contribution in [3.8, 4) is 45.3 Å². The largest absolute Gasteiger partial charge is 0.458 e. The molecule has 4 heterocycles. The molecule has 2 aromatic heterocycles. The summed E-state index contributed by atoms with van der Waals surface area (Å²) in [4.78, 5) is 0.